The van der Waals surface area contributed by atoms with E-state index >= 15 is 0 Å². The van der Waals surface area contributed by atoms with Crippen LogP contribution in [0.1, 0.15) is 49.9 Å². The number of para-hydroxylation sites is 1. The maximum atomic E-state index is 5.09. The minimum absolute atomic E-state index is 0.101. The Hall–Kier alpha value is -7.16. The molecule has 0 fully saturated rings. The number of nitrogens with zero attached hydrogens (tertiary/aromatic N) is 2. The summed E-state index contributed by atoms with van der Waals surface area (Å²) < 4.78 is 0. The first-order chi connectivity index (χ1) is 29.3. The van der Waals surface area contributed by atoms with Crippen LogP contribution in [0.4, 0.5) is 0 Å². The largest absolute Gasteiger partial charge is 0.256 e. The van der Waals surface area contributed by atoms with Gasteiger partial charge >= 0.3 is 0 Å². The van der Waals surface area contributed by atoms with E-state index in [0.29, 0.717) is 0 Å². The summed E-state index contributed by atoms with van der Waals surface area (Å²) in [6, 6.07) is 63.0. The number of aromatic nitrogens is 2. The van der Waals surface area contributed by atoms with E-state index in [0.717, 1.165) is 33.3 Å². The highest BCUT2D eigenvalue weighted by molar-refractivity contribution is 6.22. The van der Waals surface area contributed by atoms with Crippen LogP contribution < -0.4 is 0 Å². The zero-order chi connectivity index (χ0) is 40.3. The Morgan fingerprint density at radius 2 is 0.833 bits per heavy atom. The zero-order valence-electron chi connectivity index (χ0n) is 34.2. The Bertz CT molecular complexity index is 3420. The molecule has 0 atom stereocenters. The topological polar surface area (TPSA) is 25.8 Å². The third-order valence-electron chi connectivity index (χ3n) is 13.8. The molecule has 60 heavy (non-hydrogen) atoms. The maximum Gasteiger partial charge on any atom is 0.0702 e. The molecule has 2 aromatic heterocycles. The lowest BCUT2D eigenvalue weighted by molar-refractivity contribution is 0.660. The molecule has 0 unspecified atom stereocenters. The van der Waals surface area contributed by atoms with Crippen LogP contribution in [0.15, 0.2) is 182 Å². The van der Waals surface area contributed by atoms with Gasteiger partial charge in [0.1, 0.15) is 0 Å². The molecule has 2 aliphatic carbocycles. The van der Waals surface area contributed by atoms with Crippen molar-refractivity contribution < 1.29 is 0 Å². The van der Waals surface area contributed by atoms with Gasteiger partial charge in [-0.3, -0.25) is 9.97 Å². The number of pyridine rings is 2. The molecule has 8 aromatic carbocycles. The molecule has 0 radical (unpaired) electrons. The second-order valence-corrected chi connectivity index (χ2v) is 17.8. The summed E-state index contributed by atoms with van der Waals surface area (Å²) in [5.41, 5.74) is 20.8. The number of fused-ring (bicyclic) bond motifs is 9. The molecule has 0 saturated heterocycles. The number of hydrogen-bond donors (Lipinski definition) is 0. The third-order valence-corrected chi connectivity index (χ3v) is 13.8. The van der Waals surface area contributed by atoms with Crippen molar-refractivity contribution in [2.24, 2.45) is 0 Å². The van der Waals surface area contributed by atoms with Gasteiger partial charge in [-0.05, 0) is 125 Å². The quantitative estimate of drug-likeness (QED) is 0.167. The Morgan fingerprint density at radius 1 is 0.333 bits per heavy atom. The van der Waals surface area contributed by atoms with Crippen molar-refractivity contribution in [3.63, 3.8) is 0 Å². The van der Waals surface area contributed by atoms with E-state index in [1.807, 2.05) is 18.5 Å². The van der Waals surface area contributed by atoms with E-state index in [4.69, 9.17) is 9.97 Å². The first kappa shape index (κ1) is 34.8. The number of hydrogen-bond acceptors (Lipinski definition) is 2. The highest BCUT2D eigenvalue weighted by atomic mass is 14.7. The number of rotatable bonds is 4. The molecule has 284 valence electrons. The van der Waals surface area contributed by atoms with Gasteiger partial charge in [0.2, 0.25) is 0 Å². The molecule has 2 heterocycles. The van der Waals surface area contributed by atoms with Crippen LogP contribution in [0, 0.1) is 0 Å². The van der Waals surface area contributed by atoms with Gasteiger partial charge in [0.25, 0.3) is 0 Å². The average molecular weight is 767 g/mol. The SMILES string of the molecule is CC1(C)c2ccccc2-c2ccc(-c3c4ccccc4c(-c4ccc5c(c4)C(C)(C)c4ccccc4-5)c4cc(-c5ccc(-c6cnc7ccccc7c6)cn5)ccc34)cc21. The van der Waals surface area contributed by atoms with E-state index in [9.17, 15) is 0 Å². The summed E-state index contributed by atoms with van der Waals surface area (Å²) in [6.07, 6.45) is 3.94. The van der Waals surface area contributed by atoms with Crippen molar-refractivity contribution >= 4 is 32.4 Å². The van der Waals surface area contributed by atoms with Crippen LogP contribution in [0.5, 0.6) is 0 Å². The van der Waals surface area contributed by atoms with Gasteiger partial charge in [0.15, 0.2) is 0 Å². The summed E-state index contributed by atoms with van der Waals surface area (Å²) in [4.78, 5) is 9.81. The smallest absolute Gasteiger partial charge is 0.0702 e. The molecule has 12 rings (SSSR count). The van der Waals surface area contributed by atoms with Crippen LogP contribution in [-0.2, 0) is 10.8 Å². The van der Waals surface area contributed by atoms with Crippen LogP contribution in [0.25, 0.3) is 99.3 Å². The lowest BCUT2D eigenvalue weighted by atomic mass is 9.79. The molecular formula is C58H42N2. The van der Waals surface area contributed by atoms with Crippen molar-refractivity contribution in [2.45, 2.75) is 38.5 Å². The van der Waals surface area contributed by atoms with E-state index < -0.39 is 0 Å². The highest BCUT2D eigenvalue weighted by Crippen LogP contribution is 2.53. The lowest BCUT2D eigenvalue weighted by Crippen LogP contribution is -2.15. The maximum absolute atomic E-state index is 5.09. The summed E-state index contributed by atoms with van der Waals surface area (Å²) >= 11 is 0. The van der Waals surface area contributed by atoms with E-state index in [1.54, 1.807) is 0 Å². The Labute approximate surface area is 350 Å². The molecule has 0 saturated carbocycles. The minimum atomic E-state index is -0.111. The Balaban J connectivity index is 1.08. The molecule has 0 aliphatic heterocycles. The monoisotopic (exact) mass is 766 g/mol. The predicted molar refractivity (Wildman–Crippen MR) is 251 cm³/mol. The van der Waals surface area contributed by atoms with Crippen LogP contribution >= 0.6 is 0 Å². The second kappa shape index (κ2) is 12.7. The zero-order valence-corrected chi connectivity index (χ0v) is 34.2. The van der Waals surface area contributed by atoms with Crippen molar-refractivity contribution in [1.82, 2.24) is 9.97 Å². The molecule has 0 spiro atoms. The summed E-state index contributed by atoms with van der Waals surface area (Å²) in [7, 11) is 0. The van der Waals surface area contributed by atoms with Crippen LogP contribution in [0.3, 0.4) is 0 Å². The van der Waals surface area contributed by atoms with Crippen LogP contribution in [0.2, 0.25) is 0 Å². The van der Waals surface area contributed by atoms with Crippen molar-refractivity contribution in [3.05, 3.63) is 205 Å². The van der Waals surface area contributed by atoms with Gasteiger partial charge in [0.05, 0.1) is 11.2 Å². The van der Waals surface area contributed by atoms with Gasteiger partial charge in [-0.1, -0.05) is 161 Å². The summed E-state index contributed by atoms with van der Waals surface area (Å²) in [5.74, 6) is 0. The Kier molecular flexibility index (Phi) is 7.36. The molecule has 10 aromatic rings. The fourth-order valence-electron chi connectivity index (χ4n) is 10.6. The van der Waals surface area contributed by atoms with Gasteiger partial charge in [0, 0.05) is 45.3 Å². The standard InChI is InChI=1S/C58H42N2/c1-57(2)49-18-10-8-14-41(49)43-25-22-37(31-51(43)57)55-45-16-6-7-17-46(45)56(38-23-26-44-42-15-9-11-19-50(42)58(3,4)52(44)32-38)48-30-36(21-27-47(48)55)54-28-24-39(33-59-54)40-29-35-13-5-12-20-53(35)60-34-40/h5-34H,1-4H3. The normalized spacial score (nSPS) is 14.3. The molecule has 0 amide bonds. The van der Waals surface area contributed by atoms with Crippen LogP contribution in [-0.4, -0.2) is 9.97 Å². The summed E-state index contributed by atoms with van der Waals surface area (Å²) in [5, 5.41) is 6.10. The molecular weight excluding hydrogens is 725 g/mol. The Morgan fingerprint density at radius 3 is 1.47 bits per heavy atom. The lowest BCUT2D eigenvalue weighted by Gasteiger charge is -2.24. The minimum Gasteiger partial charge on any atom is -0.256 e. The van der Waals surface area contributed by atoms with E-state index in [-0.39, 0.29) is 10.8 Å². The van der Waals surface area contributed by atoms with Crippen molar-refractivity contribution in [3.8, 4) is 66.9 Å². The van der Waals surface area contributed by atoms with Gasteiger partial charge in [-0.15, -0.1) is 0 Å². The van der Waals surface area contributed by atoms with Gasteiger partial charge < -0.3 is 0 Å². The number of benzene rings is 8. The van der Waals surface area contributed by atoms with Gasteiger partial charge in [-0.2, -0.15) is 0 Å². The van der Waals surface area contributed by atoms with Gasteiger partial charge in [-0.25, -0.2) is 0 Å². The fourth-order valence-corrected chi connectivity index (χ4v) is 10.6. The molecule has 0 N–H and O–H groups in total. The highest BCUT2D eigenvalue weighted by Gasteiger charge is 2.37. The summed E-state index contributed by atoms with van der Waals surface area (Å²) in [6.45, 7) is 9.48. The predicted octanol–water partition coefficient (Wildman–Crippen LogP) is 15.2. The van der Waals surface area contributed by atoms with Crippen molar-refractivity contribution in [2.75, 3.05) is 0 Å². The molecule has 0 bridgehead atoms. The third kappa shape index (κ3) is 5.01. The first-order valence-electron chi connectivity index (χ1n) is 21.1. The first-order valence-corrected chi connectivity index (χ1v) is 21.1. The second-order valence-electron chi connectivity index (χ2n) is 17.8. The van der Waals surface area contributed by atoms with Crippen molar-refractivity contribution in [1.29, 1.82) is 0 Å². The molecule has 2 nitrogen and oxygen atoms in total. The van der Waals surface area contributed by atoms with E-state index in [2.05, 4.69) is 191 Å². The average Bonchev–Trinajstić information content (AvgIpc) is 3.66. The fraction of sp³-hybridized carbons (Fsp3) is 0.103. The molecule has 2 aliphatic rings. The molecule has 2 heteroatoms. The van der Waals surface area contributed by atoms with E-state index in [1.165, 1.54) is 88.3 Å².